The number of para-hydroxylation sites is 1. The fraction of sp³-hybridized carbons (Fsp3) is 0.0435. The van der Waals surface area contributed by atoms with E-state index in [0.29, 0.717) is 21.5 Å². The topological polar surface area (TPSA) is 56.2 Å². The summed E-state index contributed by atoms with van der Waals surface area (Å²) in [6.45, 7) is 0.149. The van der Waals surface area contributed by atoms with Crippen molar-refractivity contribution in [3.63, 3.8) is 0 Å². The number of benzene rings is 3. The van der Waals surface area contributed by atoms with Crippen LogP contribution in [0, 0.1) is 0 Å². The van der Waals surface area contributed by atoms with Gasteiger partial charge >= 0.3 is 0 Å². The van der Waals surface area contributed by atoms with Crippen molar-refractivity contribution in [3.05, 3.63) is 99.2 Å². The first-order valence-electron chi connectivity index (χ1n) is 9.43. The van der Waals surface area contributed by atoms with E-state index in [1.165, 1.54) is 0 Å². The first-order chi connectivity index (χ1) is 15.5. The average molecular weight is 549 g/mol. The second kappa shape index (κ2) is 10.4. The quantitative estimate of drug-likeness (QED) is 0.261. The highest BCUT2D eigenvalue weighted by atomic mass is 79.9. The van der Waals surface area contributed by atoms with E-state index in [1.54, 1.807) is 46.9 Å². The molecular weight excluding hydrogens is 533 g/mol. The number of carbonyl (C=O) groups excluding carboxylic acids is 1. The van der Waals surface area contributed by atoms with Crippen molar-refractivity contribution in [3.8, 4) is 5.75 Å². The van der Waals surface area contributed by atoms with Crippen LogP contribution in [0.15, 0.2) is 93.3 Å². The van der Waals surface area contributed by atoms with Crippen LogP contribution in [0.3, 0.4) is 0 Å². The van der Waals surface area contributed by atoms with Crippen molar-refractivity contribution < 1.29 is 9.53 Å². The lowest BCUT2D eigenvalue weighted by molar-refractivity contribution is 0.102. The molecule has 0 bridgehead atoms. The molecule has 1 heterocycles. The summed E-state index contributed by atoms with van der Waals surface area (Å²) in [5.41, 5.74) is 0.989. The van der Waals surface area contributed by atoms with E-state index in [-0.39, 0.29) is 18.3 Å². The predicted octanol–water partition coefficient (Wildman–Crippen LogP) is 7.39. The third-order valence-electron chi connectivity index (χ3n) is 4.30. The number of amides is 1. The molecule has 1 N–H and O–H groups in total. The van der Waals surface area contributed by atoms with Gasteiger partial charge in [-0.15, -0.1) is 0 Å². The molecule has 1 amide bonds. The fourth-order valence-corrected chi connectivity index (χ4v) is 4.58. The molecule has 4 aromatic rings. The van der Waals surface area contributed by atoms with Crippen molar-refractivity contribution in [2.75, 3.05) is 5.32 Å². The minimum atomic E-state index is -0.305. The Balaban J connectivity index is 1.41. The van der Waals surface area contributed by atoms with Crippen molar-refractivity contribution in [1.29, 1.82) is 0 Å². The zero-order chi connectivity index (χ0) is 22.5. The number of aromatic nitrogens is 2. The van der Waals surface area contributed by atoms with Crippen molar-refractivity contribution >= 4 is 62.5 Å². The second-order valence-electron chi connectivity index (χ2n) is 6.59. The van der Waals surface area contributed by atoms with Gasteiger partial charge in [0.2, 0.25) is 0 Å². The van der Waals surface area contributed by atoms with Crippen molar-refractivity contribution in [2.24, 2.45) is 0 Å². The lowest BCUT2D eigenvalue weighted by Gasteiger charge is -2.10. The summed E-state index contributed by atoms with van der Waals surface area (Å²) in [6, 6.07) is 22.0. The lowest BCUT2D eigenvalue weighted by atomic mass is 10.3. The summed E-state index contributed by atoms with van der Waals surface area (Å²) in [5.74, 6) is 0.324. The molecule has 4 rings (SSSR count). The highest BCUT2D eigenvalue weighted by molar-refractivity contribution is 9.10. The number of nitrogens with one attached hydrogen (secondary N) is 1. The Kier molecular flexibility index (Phi) is 7.42. The van der Waals surface area contributed by atoms with Gasteiger partial charge in [0.1, 0.15) is 5.75 Å². The molecule has 0 atom stereocenters. The predicted molar refractivity (Wildman–Crippen MR) is 132 cm³/mol. The van der Waals surface area contributed by atoms with Gasteiger partial charge in [-0.05, 0) is 76.6 Å². The fourth-order valence-electron chi connectivity index (χ4n) is 2.76. The van der Waals surface area contributed by atoms with Crippen molar-refractivity contribution in [2.45, 2.75) is 16.5 Å². The van der Waals surface area contributed by atoms with Gasteiger partial charge in [-0.25, -0.2) is 4.68 Å². The van der Waals surface area contributed by atoms with Gasteiger partial charge in [0.25, 0.3) is 5.91 Å². The molecule has 0 aliphatic heterocycles. The van der Waals surface area contributed by atoms with E-state index in [0.717, 1.165) is 14.3 Å². The Morgan fingerprint density at radius 1 is 1.03 bits per heavy atom. The van der Waals surface area contributed by atoms with E-state index >= 15 is 0 Å². The average Bonchev–Trinajstić information content (AvgIpc) is 3.25. The van der Waals surface area contributed by atoms with Crippen LogP contribution in [0.2, 0.25) is 10.0 Å². The Hall–Kier alpha value is -2.45. The monoisotopic (exact) mass is 547 g/mol. The molecule has 0 radical (unpaired) electrons. The number of hydrogen-bond acceptors (Lipinski definition) is 4. The number of hydrogen-bond donors (Lipinski definition) is 1. The smallest absolute Gasteiger partial charge is 0.276 e. The second-order valence-corrected chi connectivity index (χ2v) is 9.44. The van der Waals surface area contributed by atoms with Crippen molar-refractivity contribution in [1.82, 2.24) is 9.78 Å². The Morgan fingerprint density at radius 2 is 1.78 bits per heavy atom. The normalized spacial score (nSPS) is 10.7. The number of rotatable bonds is 7. The number of halogens is 3. The highest BCUT2D eigenvalue weighted by Crippen LogP contribution is 2.34. The van der Waals surface area contributed by atoms with Gasteiger partial charge in [0.15, 0.2) is 12.4 Å². The largest absolute Gasteiger partial charge is 0.470 e. The van der Waals surface area contributed by atoms with Crippen LogP contribution in [0.1, 0.15) is 10.5 Å². The molecule has 0 saturated carbocycles. The molecule has 0 fully saturated rings. The van der Waals surface area contributed by atoms with E-state index in [2.05, 4.69) is 26.3 Å². The van der Waals surface area contributed by atoms with E-state index in [1.807, 2.05) is 48.5 Å². The lowest BCUT2D eigenvalue weighted by Crippen LogP contribution is -2.14. The Labute approximate surface area is 207 Å². The molecule has 9 heteroatoms. The van der Waals surface area contributed by atoms with Gasteiger partial charge in [-0.2, -0.15) is 5.10 Å². The molecule has 0 aliphatic carbocycles. The maximum Gasteiger partial charge on any atom is 0.276 e. The number of anilines is 1. The first kappa shape index (κ1) is 22.7. The molecule has 5 nitrogen and oxygen atoms in total. The molecule has 32 heavy (non-hydrogen) atoms. The summed E-state index contributed by atoms with van der Waals surface area (Å²) in [4.78, 5) is 14.7. The van der Waals surface area contributed by atoms with Crippen LogP contribution < -0.4 is 10.1 Å². The summed E-state index contributed by atoms with van der Waals surface area (Å²) in [5, 5.41) is 8.53. The molecule has 0 saturated heterocycles. The van der Waals surface area contributed by atoms with Crippen LogP contribution >= 0.6 is 50.9 Å². The van der Waals surface area contributed by atoms with Gasteiger partial charge in [0.05, 0.1) is 10.2 Å². The Morgan fingerprint density at radius 3 is 2.56 bits per heavy atom. The summed E-state index contributed by atoms with van der Waals surface area (Å²) in [6.07, 6.45) is 1.69. The summed E-state index contributed by atoms with van der Waals surface area (Å²) < 4.78 is 8.02. The van der Waals surface area contributed by atoms with Crippen LogP contribution in [0.4, 0.5) is 5.69 Å². The Bertz CT molecular complexity index is 1250. The van der Waals surface area contributed by atoms with E-state index in [4.69, 9.17) is 27.9 Å². The SMILES string of the molecule is O=C(Nc1ccccc1Sc1ccc(Cl)cc1)c1ccn(COc2ccc(Cl)cc2Br)n1. The van der Waals surface area contributed by atoms with Crippen LogP contribution in [-0.4, -0.2) is 15.7 Å². The van der Waals surface area contributed by atoms with E-state index < -0.39 is 0 Å². The maximum absolute atomic E-state index is 12.8. The van der Waals surface area contributed by atoms with Crippen LogP contribution in [-0.2, 0) is 6.73 Å². The zero-order valence-corrected chi connectivity index (χ0v) is 20.4. The number of carbonyl (C=O) groups is 1. The maximum atomic E-state index is 12.8. The first-order valence-corrected chi connectivity index (χ1v) is 11.8. The summed E-state index contributed by atoms with van der Waals surface area (Å²) >= 11 is 16.9. The summed E-state index contributed by atoms with van der Waals surface area (Å²) in [7, 11) is 0. The molecule has 162 valence electrons. The highest BCUT2D eigenvalue weighted by Gasteiger charge is 2.13. The van der Waals surface area contributed by atoms with Gasteiger partial charge in [-0.1, -0.05) is 47.1 Å². The van der Waals surface area contributed by atoms with Gasteiger partial charge in [0, 0.05) is 26.0 Å². The molecule has 3 aromatic carbocycles. The van der Waals surface area contributed by atoms with E-state index in [9.17, 15) is 4.79 Å². The minimum absolute atomic E-state index is 0.149. The number of ether oxygens (including phenoxy) is 1. The zero-order valence-electron chi connectivity index (χ0n) is 16.5. The number of nitrogens with zero attached hydrogens (tertiary/aromatic N) is 2. The molecule has 1 aromatic heterocycles. The molecule has 0 unspecified atom stereocenters. The minimum Gasteiger partial charge on any atom is -0.470 e. The molecule has 0 aliphatic rings. The third kappa shape index (κ3) is 5.86. The third-order valence-corrected chi connectivity index (χ3v) is 6.49. The molecule has 0 spiro atoms. The molecular formula is C23H16BrCl2N3O2S. The standard InChI is InChI=1S/C23H16BrCl2N3O2S/c24-18-13-16(26)7-10-21(18)31-14-29-12-11-20(28-29)23(30)27-19-3-1-2-4-22(19)32-17-8-5-15(25)6-9-17/h1-13H,14H2,(H,27,30). The van der Waals surface area contributed by atoms with Crippen LogP contribution in [0.5, 0.6) is 5.75 Å². The van der Waals surface area contributed by atoms with Gasteiger partial charge < -0.3 is 10.1 Å². The van der Waals surface area contributed by atoms with Crippen LogP contribution in [0.25, 0.3) is 0 Å². The van der Waals surface area contributed by atoms with Gasteiger partial charge in [-0.3, -0.25) is 4.79 Å².